The van der Waals surface area contributed by atoms with Crippen LogP contribution in [0.1, 0.15) is 0 Å². The molecule has 0 aliphatic rings. The first kappa shape index (κ1) is 12.0. The number of aliphatic hydroxyl groups excluding tert-OH is 1. The van der Waals surface area contributed by atoms with Gasteiger partial charge in [0, 0.05) is 11.6 Å². The zero-order valence-corrected chi connectivity index (χ0v) is 10.1. The summed E-state index contributed by atoms with van der Waals surface area (Å²) in [5.74, 6) is 0. The molecule has 0 spiro atoms. The Morgan fingerprint density at radius 1 is 0.733 bits per heavy atom. The van der Waals surface area contributed by atoms with Crippen molar-refractivity contribution < 1.29 is 5.11 Å². The molecule has 0 heterocycles. The molecule has 2 aromatic carbocycles. The van der Waals surface area contributed by atoms with E-state index < -0.39 is 0 Å². The minimum atomic E-state index is 1.00. The molecule has 0 radical (unpaired) electrons. The SMILES string of the molecule is Brc1ccc(-c2ccccc2)cc1.CO. The Bertz CT molecular complexity index is 381. The van der Waals surface area contributed by atoms with Crippen molar-refractivity contribution in [2.24, 2.45) is 0 Å². The summed E-state index contributed by atoms with van der Waals surface area (Å²) in [5, 5.41) is 7.00. The number of benzene rings is 2. The number of rotatable bonds is 1. The summed E-state index contributed by atoms with van der Waals surface area (Å²) in [4.78, 5) is 0. The van der Waals surface area contributed by atoms with E-state index in [4.69, 9.17) is 5.11 Å². The van der Waals surface area contributed by atoms with Crippen molar-refractivity contribution >= 4 is 15.9 Å². The predicted octanol–water partition coefficient (Wildman–Crippen LogP) is 3.72. The van der Waals surface area contributed by atoms with Gasteiger partial charge in [0.2, 0.25) is 0 Å². The quantitative estimate of drug-likeness (QED) is 0.833. The second-order valence-electron chi connectivity index (χ2n) is 2.87. The third-order valence-electron chi connectivity index (χ3n) is 1.95. The molecular weight excluding hydrogens is 252 g/mol. The van der Waals surface area contributed by atoms with E-state index in [1.54, 1.807) is 0 Å². The van der Waals surface area contributed by atoms with Gasteiger partial charge in [0.1, 0.15) is 0 Å². The van der Waals surface area contributed by atoms with E-state index in [1.165, 1.54) is 11.1 Å². The Balaban J connectivity index is 0.000000531. The molecule has 2 aromatic rings. The average molecular weight is 265 g/mol. The van der Waals surface area contributed by atoms with Crippen LogP contribution in [-0.4, -0.2) is 12.2 Å². The summed E-state index contributed by atoms with van der Waals surface area (Å²) in [5.41, 5.74) is 2.51. The fourth-order valence-corrected chi connectivity index (χ4v) is 1.54. The Hall–Kier alpha value is -1.12. The first-order chi connectivity index (χ1) is 7.36. The maximum Gasteiger partial charge on any atom is 0.0319 e. The molecule has 0 saturated carbocycles. The van der Waals surface area contributed by atoms with Gasteiger partial charge in [-0.05, 0) is 23.3 Å². The van der Waals surface area contributed by atoms with Gasteiger partial charge in [-0.1, -0.05) is 58.4 Å². The average Bonchev–Trinajstić information content (AvgIpc) is 2.34. The molecule has 0 unspecified atom stereocenters. The first-order valence-corrected chi connectivity index (χ1v) is 5.41. The molecule has 0 amide bonds. The Morgan fingerprint density at radius 3 is 1.73 bits per heavy atom. The molecule has 2 heteroatoms. The summed E-state index contributed by atoms with van der Waals surface area (Å²) in [7, 11) is 1.00. The van der Waals surface area contributed by atoms with Gasteiger partial charge in [0.15, 0.2) is 0 Å². The Kier molecular flexibility index (Phi) is 5.08. The lowest BCUT2D eigenvalue weighted by Crippen LogP contribution is -1.75. The van der Waals surface area contributed by atoms with E-state index in [1.807, 2.05) is 6.07 Å². The summed E-state index contributed by atoms with van der Waals surface area (Å²) in [6.07, 6.45) is 0. The van der Waals surface area contributed by atoms with E-state index in [2.05, 4.69) is 64.5 Å². The Morgan fingerprint density at radius 2 is 1.20 bits per heavy atom. The van der Waals surface area contributed by atoms with Gasteiger partial charge in [0.05, 0.1) is 0 Å². The molecule has 15 heavy (non-hydrogen) atoms. The van der Waals surface area contributed by atoms with Crippen LogP contribution < -0.4 is 0 Å². The van der Waals surface area contributed by atoms with Crippen molar-refractivity contribution in [3.8, 4) is 11.1 Å². The third-order valence-corrected chi connectivity index (χ3v) is 2.48. The van der Waals surface area contributed by atoms with Gasteiger partial charge in [-0.15, -0.1) is 0 Å². The summed E-state index contributed by atoms with van der Waals surface area (Å²) >= 11 is 3.42. The van der Waals surface area contributed by atoms with E-state index in [9.17, 15) is 0 Å². The molecule has 0 bridgehead atoms. The summed E-state index contributed by atoms with van der Waals surface area (Å²) < 4.78 is 1.12. The zero-order valence-electron chi connectivity index (χ0n) is 8.52. The fraction of sp³-hybridized carbons (Fsp3) is 0.0769. The normalized spacial score (nSPS) is 9.00. The smallest absolute Gasteiger partial charge is 0.0319 e. The van der Waals surface area contributed by atoms with Crippen molar-refractivity contribution in [3.63, 3.8) is 0 Å². The van der Waals surface area contributed by atoms with Crippen molar-refractivity contribution in [3.05, 3.63) is 59.1 Å². The number of halogens is 1. The molecule has 0 atom stereocenters. The molecule has 0 fully saturated rings. The zero-order chi connectivity index (χ0) is 11.1. The highest BCUT2D eigenvalue weighted by Crippen LogP contribution is 2.20. The van der Waals surface area contributed by atoms with Crippen molar-refractivity contribution in [1.29, 1.82) is 0 Å². The van der Waals surface area contributed by atoms with Gasteiger partial charge in [0.25, 0.3) is 0 Å². The maximum absolute atomic E-state index is 7.00. The molecule has 0 saturated heterocycles. The van der Waals surface area contributed by atoms with Crippen molar-refractivity contribution in [2.45, 2.75) is 0 Å². The van der Waals surface area contributed by atoms with Crippen LogP contribution in [0.4, 0.5) is 0 Å². The minimum Gasteiger partial charge on any atom is -0.400 e. The van der Waals surface area contributed by atoms with Crippen LogP contribution in [0.25, 0.3) is 11.1 Å². The van der Waals surface area contributed by atoms with E-state index in [-0.39, 0.29) is 0 Å². The predicted molar refractivity (Wildman–Crippen MR) is 67.7 cm³/mol. The van der Waals surface area contributed by atoms with Gasteiger partial charge < -0.3 is 5.11 Å². The molecule has 0 aliphatic carbocycles. The monoisotopic (exact) mass is 264 g/mol. The number of hydrogen-bond acceptors (Lipinski definition) is 1. The number of aliphatic hydroxyl groups is 1. The van der Waals surface area contributed by atoms with E-state index in [0.29, 0.717) is 0 Å². The third kappa shape index (κ3) is 3.50. The molecular formula is C13H13BrO. The van der Waals surface area contributed by atoms with Crippen molar-refractivity contribution in [2.75, 3.05) is 7.11 Å². The highest BCUT2D eigenvalue weighted by Gasteiger charge is 1.94. The second-order valence-corrected chi connectivity index (χ2v) is 3.79. The van der Waals surface area contributed by atoms with Gasteiger partial charge >= 0.3 is 0 Å². The van der Waals surface area contributed by atoms with Gasteiger partial charge in [-0.2, -0.15) is 0 Å². The van der Waals surface area contributed by atoms with Crippen LogP contribution in [-0.2, 0) is 0 Å². The van der Waals surface area contributed by atoms with E-state index in [0.717, 1.165) is 11.6 Å². The highest BCUT2D eigenvalue weighted by atomic mass is 79.9. The lowest BCUT2D eigenvalue weighted by atomic mass is 10.1. The van der Waals surface area contributed by atoms with Gasteiger partial charge in [-0.25, -0.2) is 0 Å². The minimum absolute atomic E-state index is 1.00. The lowest BCUT2D eigenvalue weighted by Gasteiger charge is -2.00. The molecule has 78 valence electrons. The van der Waals surface area contributed by atoms with Crippen LogP contribution in [0, 0.1) is 0 Å². The van der Waals surface area contributed by atoms with Crippen molar-refractivity contribution in [1.82, 2.24) is 0 Å². The van der Waals surface area contributed by atoms with E-state index >= 15 is 0 Å². The topological polar surface area (TPSA) is 20.2 Å². The molecule has 1 N–H and O–H groups in total. The lowest BCUT2D eigenvalue weighted by molar-refractivity contribution is 0.399. The maximum atomic E-state index is 7.00. The summed E-state index contributed by atoms with van der Waals surface area (Å²) in [6.45, 7) is 0. The van der Waals surface area contributed by atoms with Crippen LogP contribution >= 0.6 is 15.9 Å². The first-order valence-electron chi connectivity index (χ1n) is 4.62. The van der Waals surface area contributed by atoms with Gasteiger partial charge in [-0.3, -0.25) is 0 Å². The molecule has 2 rings (SSSR count). The Labute approximate surface area is 98.5 Å². The fourth-order valence-electron chi connectivity index (χ4n) is 1.27. The molecule has 1 nitrogen and oxygen atoms in total. The van der Waals surface area contributed by atoms with Crippen LogP contribution in [0.15, 0.2) is 59.1 Å². The molecule has 0 aliphatic heterocycles. The number of hydrogen-bond donors (Lipinski definition) is 1. The van der Waals surface area contributed by atoms with Crippen LogP contribution in [0.5, 0.6) is 0 Å². The van der Waals surface area contributed by atoms with Crippen LogP contribution in [0.3, 0.4) is 0 Å². The standard InChI is InChI=1S/C12H9Br.CH4O/c13-12-8-6-11(7-9-12)10-4-2-1-3-5-10;1-2/h1-9H;2H,1H3. The van der Waals surface area contributed by atoms with Crippen LogP contribution in [0.2, 0.25) is 0 Å². The molecule has 0 aromatic heterocycles. The highest BCUT2D eigenvalue weighted by molar-refractivity contribution is 9.10. The second kappa shape index (κ2) is 6.38. The largest absolute Gasteiger partial charge is 0.400 e. The summed E-state index contributed by atoms with van der Waals surface area (Å²) in [6, 6.07) is 18.7.